The molecule has 0 aliphatic carbocycles. The predicted molar refractivity (Wildman–Crippen MR) is 56.9 cm³/mol. The highest BCUT2D eigenvalue weighted by Crippen LogP contribution is 2.08. The van der Waals surface area contributed by atoms with E-state index in [9.17, 15) is 4.79 Å². The molecule has 1 heterocycles. The first kappa shape index (κ1) is 11.7. The first-order chi connectivity index (χ1) is 7.15. The van der Waals surface area contributed by atoms with Crippen LogP contribution in [0, 0.1) is 13.8 Å². The Bertz CT molecular complexity index is 333. The highest BCUT2D eigenvalue weighted by atomic mass is 16.4. The fourth-order valence-corrected chi connectivity index (χ4v) is 1.26. The number of carbonyl (C=O) groups is 1. The summed E-state index contributed by atoms with van der Waals surface area (Å²) in [6.07, 6.45) is 0. The van der Waals surface area contributed by atoms with Gasteiger partial charge in [-0.05, 0) is 13.5 Å². The van der Waals surface area contributed by atoms with Gasteiger partial charge in [0.25, 0.3) is 5.91 Å². The van der Waals surface area contributed by atoms with Crippen LogP contribution in [0.1, 0.15) is 29.1 Å². The van der Waals surface area contributed by atoms with Gasteiger partial charge in [0.15, 0.2) is 5.89 Å². The molecule has 0 aromatic carbocycles. The highest BCUT2D eigenvalue weighted by molar-refractivity contribution is 5.92. The quantitative estimate of drug-likeness (QED) is 0.701. The number of rotatable bonds is 5. The number of oxazole rings is 1. The summed E-state index contributed by atoms with van der Waals surface area (Å²) < 4.78 is 5.19. The summed E-state index contributed by atoms with van der Waals surface area (Å²) in [4.78, 5) is 15.6. The fraction of sp³-hybridized carbons (Fsp3) is 0.600. The maximum Gasteiger partial charge on any atom is 0.289 e. The largest absolute Gasteiger partial charge is 0.436 e. The number of aromatic nitrogens is 1. The summed E-state index contributed by atoms with van der Waals surface area (Å²) >= 11 is 0. The lowest BCUT2D eigenvalue weighted by atomic mass is 10.3. The monoisotopic (exact) mass is 211 g/mol. The average molecular weight is 211 g/mol. The minimum absolute atomic E-state index is 0.203. The Morgan fingerprint density at radius 2 is 2.13 bits per heavy atom. The van der Waals surface area contributed by atoms with Crippen molar-refractivity contribution in [2.45, 2.75) is 20.8 Å². The van der Waals surface area contributed by atoms with Crippen LogP contribution in [0.5, 0.6) is 0 Å². The van der Waals surface area contributed by atoms with Crippen LogP contribution in [-0.4, -0.2) is 30.5 Å². The molecule has 0 aliphatic rings. The Hall–Kier alpha value is -1.36. The van der Waals surface area contributed by atoms with Crippen molar-refractivity contribution < 1.29 is 9.21 Å². The molecular weight excluding hydrogens is 194 g/mol. The van der Waals surface area contributed by atoms with Crippen LogP contribution < -0.4 is 10.6 Å². The second-order valence-electron chi connectivity index (χ2n) is 3.26. The van der Waals surface area contributed by atoms with Gasteiger partial charge >= 0.3 is 0 Å². The highest BCUT2D eigenvalue weighted by Gasteiger charge is 2.14. The van der Waals surface area contributed by atoms with Crippen LogP contribution in [0.15, 0.2) is 4.42 Å². The van der Waals surface area contributed by atoms with Crippen LogP contribution in [0.25, 0.3) is 0 Å². The standard InChI is InChI=1S/C10H17N3O2/c1-4-11-5-6-12-10(14)9-7(2)13-8(3)15-9/h11H,4-6H2,1-3H3,(H,12,14). The van der Waals surface area contributed by atoms with Crippen molar-refractivity contribution in [3.63, 3.8) is 0 Å². The molecule has 0 radical (unpaired) electrons. The maximum atomic E-state index is 11.6. The lowest BCUT2D eigenvalue weighted by Crippen LogP contribution is -2.31. The summed E-state index contributed by atoms with van der Waals surface area (Å²) in [5.41, 5.74) is 0.633. The van der Waals surface area contributed by atoms with Crippen LogP contribution in [-0.2, 0) is 0 Å². The first-order valence-corrected chi connectivity index (χ1v) is 5.08. The van der Waals surface area contributed by atoms with Crippen molar-refractivity contribution in [2.75, 3.05) is 19.6 Å². The van der Waals surface area contributed by atoms with Crippen molar-refractivity contribution in [2.24, 2.45) is 0 Å². The number of carbonyl (C=O) groups excluding carboxylic acids is 1. The Morgan fingerprint density at radius 3 is 2.67 bits per heavy atom. The third-order valence-electron chi connectivity index (χ3n) is 1.95. The number of nitrogens with one attached hydrogen (secondary N) is 2. The molecule has 0 aliphatic heterocycles. The molecule has 0 saturated carbocycles. The normalized spacial score (nSPS) is 10.3. The molecule has 2 N–H and O–H groups in total. The minimum atomic E-state index is -0.203. The van der Waals surface area contributed by atoms with E-state index in [0.717, 1.165) is 13.1 Å². The fourth-order valence-electron chi connectivity index (χ4n) is 1.26. The molecule has 0 fully saturated rings. The van der Waals surface area contributed by atoms with E-state index in [0.29, 0.717) is 23.9 Å². The smallest absolute Gasteiger partial charge is 0.289 e. The van der Waals surface area contributed by atoms with Crippen molar-refractivity contribution in [3.05, 3.63) is 17.3 Å². The number of hydrogen-bond donors (Lipinski definition) is 2. The molecule has 0 unspecified atom stereocenters. The van der Waals surface area contributed by atoms with Crippen LogP contribution in [0.4, 0.5) is 0 Å². The molecule has 15 heavy (non-hydrogen) atoms. The minimum Gasteiger partial charge on any atom is -0.436 e. The molecule has 0 spiro atoms. The van der Waals surface area contributed by atoms with Crippen molar-refractivity contribution in [3.8, 4) is 0 Å². The number of aryl methyl sites for hydroxylation is 2. The van der Waals surface area contributed by atoms with E-state index in [-0.39, 0.29) is 5.91 Å². The summed E-state index contributed by atoms with van der Waals surface area (Å²) in [6.45, 7) is 7.75. The summed E-state index contributed by atoms with van der Waals surface area (Å²) in [7, 11) is 0. The van der Waals surface area contributed by atoms with Gasteiger partial charge in [0.2, 0.25) is 5.76 Å². The van der Waals surface area contributed by atoms with E-state index < -0.39 is 0 Å². The molecule has 5 heteroatoms. The van der Waals surface area contributed by atoms with Gasteiger partial charge in [-0.2, -0.15) is 0 Å². The number of likely N-dealkylation sites (N-methyl/N-ethyl adjacent to an activating group) is 1. The van der Waals surface area contributed by atoms with Crippen molar-refractivity contribution >= 4 is 5.91 Å². The second kappa shape index (κ2) is 5.50. The van der Waals surface area contributed by atoms with E-state index in [2.05, 4.69) is 15.6 Å². The SMILES string of the molecule is CCNCCNC(=O)c1oc(C)nc1C. The van der Waals surface area contributed by atoms with E-state index in [4.69, 9.17) is 4.42 Å². The molecule has 5 nitrogen and oxygen atoms in total. The number of nitrogens with zero attached hydrogens (tertiary/aromatic N) is 1. The van der Waals surface area contributed by atoms with Gasteiger partial charge in [0, 0.05) is 20.0 Å². The predicted octanol–water partition coefficient (Wildman–Crippen LogP) is 0.631. The van der Waals surface area contributed by atoms with Crippen LogP contribution in [0.3, 0.4) is 0 Å². The van der Waals surface area contributed by atoms with Gasteiger partial charge in [-0.15, -0.1) is 0 Å². The van der Waals surface area contributed by atoms with Gasteiger partial charge in [0.1, 0.15) is 0 Å². The maximum absolute atomic E-state index is 11.6. The lowest BCUT2D eigenvalue weighted by molar-refractivity contribution is 0.0924. The lowest BCUT2D eigenvalue weighted by Gasteiger charge is -2.03. The average Bonchev–Trinajstić information content (AvgIpc) is 2.52. The molecule has 1 amide bonds. The molecule has 1 rings (SSSR count). The topological polar surface area (TPSA) is 67.2 Å². The Labute approximate surface area is 89.3 Å². The zero-order valence-corrected chi connectivity index (χ0v) is 9.39. The zero-order chi connectivity index (χ0) is 11.3. The van der Waals surface area contributed by atoms with E-state index in [1.54, 1.807) is 13.8 Å². The van der Waals surface area contributed by atoms with Crippen molar-refractivity contribution in [1.29, 1.82) is 0 Å². The third kappa shape index (κ3) is 3.36. The third-order valence-corrected chi connectivity index (χ3v) is 1.95. The Morgan fingerprint density at radius 1 is 1.40 bits per heavy atom. The van der Waals surface area contributed by atoms with E-state index >= 15 is 0 Å². The molecular formula is C10H17N3O2. The molecule has 1 aromatic heterocycles. The van der Waals surface area contributed by atoms with Gasteiger partial charge in [0.05, 0.1) is 5.69 Å². The van der Waals surface area contributed by atoms with Gasteiger partial charge in [-0.1, -0.05) is 6.92 Å². The molecule has 0 bridgehead atoms. The van der Waals surface area contributed by atoms with E-state index in [1.165, 1.54) is 0 Å². The molecule has 84 valence electrons. The van der Waals surface area contributed by atoms with Crippen LogP contribution in [0.2, 0.25) is 0 Å². The van der Waals surface area contributed by atoms with Gasteiger partial charge in [-0.25, -0.2) is 4.98 Å². The molecule has 1 aromatic rings. The van der Waals surface area contributed by atoms with Gasteiger partial charge in [-0.3, -0.25) is 4.79 Å². The summed E-state index contributed by atoms with van der Waals surface area (Å²) in [5.74, 6) is 0.624. The van der Waals surface area contributed by atoms with Crippen molar-refractivity contribution in [1.82, 2.24) is 15.6 Å². The molecule has 0 saturated heterocycles. The van der Waals surface area contributed by atoms with Crippen LogP contribution >= 0.6 is 0 Å². The van der Waals surface area contributed by atoms with E-state index in [1.807, 2.05) is 6.92 Å². The zero-order valence-electron chi connectivity index (χ0n) is 9.39. The number of hydrogen-bond acceptors (Lipinski definition) is 4. The summed E-state index contributed by atoms with van der Waals surface area (Å²) in [6, 6.07) is 0. The first-order valence-electron chi connectivity index (χ1n) is 5.08. The second-order valence-corrected chi connectivity index (χ2v) is 3.26. The van der Waals surface area contributed by atoms with Gasteiger partial charge < -0.3 is 15.1 Å². The Kier molecular flexibility index (Phi) is 4.30. The number of amides is 1. The summed E-state index contributed by atoms with van der Waals surface area (Å²) in [5, 5.41) is 5.87. The Balaban J connectivity index is 2.43. The molecule has 0 atom stereocenters.